The van der Waals surface area contributed by atoms with Crippen LogP contribution in [0.1, 0.15) is 16.7 Å². The molecule has 0 spiro atoms. The number of benzene rings is 3. The molecule has 0 saturated carbocycles. The first kappa shape index (κ1) is 22.0. The number of phenols is 2. The zero-order chi connectivity index (χ0) is 21.6. The SMILES string of the molecule is O=S(=O)(O)C(c1ccc(O)cc1)(c1cc(Cl)cc(Cl)c1)c1cc(O)c(Cl)cc1Cl. The van der Waals surface area contributed by atoms with Crippen LogP contribution >= 0.6 is 46.4 Å². The van der Waals surface area contributed by atoms with Crippen molar-refractivity contribution in [3.05, 3.63) is 91.4 Å². The first-order chi connectivity index (χ1) is 13.5. The Labute approximate surface area is 186 Å². The lowest BCUT2D eigenvalue weighted by molar-refractivity contribution is 0.455. The molecule has 3 aromatic rings. The van der Waals surface area contributed by atoms with E-state index in [-0.39, 0.29) is 42.5 Å². The summed E-state index contributed by atoms with van der Waals surface area (Å²) in [6.45, 7) is 0. The van der Waals surface area contributed by atoms with E-state index in [0.717, 1.165) is 12.1 Å². The molecule has 3 N–H and O–H groups in total. The van der Waals surface area contributed by atoms with Crippen LogP contribution in [0.2, 0.25) is 20.1 Å². The van der Waals surface area contributed by atoms with Crippen molar-refractivity contribution in [1.82, 2.24) is 0 Å². The summed E-state index contributed by atoms with van der Waals surface area (Å²) in [5.41, 5.74) is -0.209. The average molecular weight is 494 g/mol. The normalized spacial score (nSPS) is 13.8. The molecule has 3 aromatic carbocycles. The van der Waals surface area contributed by atoms with Crippen molar-refractivity contribution in [2.24, 2.45) is 0 Å². The predicted octanol–water partition coefficient (Wildman–Crippen LogP) is 5.89. The molecular weight excluding hydrogens is 482 g/mol. The van der Waals surface area contributed by atoms with E-state index in [9.17, 15) is 23.2 Å². The van der Waals surface area contributed by atoms with Crippen molar-refractivity contribution in [3.63, 3.8) is 0 Å². The molecule has 0 radical (unpaired) electrons. The van der Waals surface area contributed by atoms with Crippen molar-refractivity contribution in [1.29, 1.82) is 0 Å². The third-order valence-corrected chi connectivity index (χ3v) is 6.86. The maximum absolute atomic E-state index is 12.9. The fourth-order valence-corrected chi connectivity index (χ4v) is 5.58. The highest BCUT2D eigenvalue weighted by molar-refractivity contribution is 7.87. The van der Waals surface area contributed by atoms with Crippen molar-refractivity contribution < 1.29 is 23.2 Å². The third-order valence-electron chi connectivity index (χ3n) is 4.35. The first-order valence-electron chi connectivity index (χ1n) is 7.88. The summed E-state index contributed by atoms with van der Waals surface area (Å²) in [6, 6.07) is 11.3. The summed E-state index contributed by atoms with van der Waals surface area (Å²) in [4.78, 5) is 0. The molecule has 3 rings (SSSR count). The minimum atomic E-state index is -5.02. The van der Waals surface area contributed by atoms with Crippen LogP contribution in [0.15, 0.2) is 54.6 Å². The predicted molar refractivity (Wildman–Crippen MR) is 114 cm³/mol. The fraction of sp³-hybridized carbons (Fsp3) is 0.0526. The molecule has 1 unspecified atom stereocenters. The van der Waals surface area contributed by atoms with Gasteiger partial charge in [-0.2, -0.15) is 8.42 Å². The Kier molecular flexibility index (Phi) is 5.98. The van der Waals surface area contributed by atoms with Crippen LogP contribution in [0.5, 0.6) is 11.5 Å². The molecule has 0 heterocycles. The third kappa shape index (κ3) is 3.89. The smallest absolute Gasteiger partial charge is 0.283 e. The summed E-state index contributed by atoms with van der Waals surface area (Å²) < 4.78 is 34.0. The molecule has 1 atom stereocenters. The van der Waals surface area contributed by atoms with E-state index in [1.165, 1.54) is 42.5 Å². The Balaban J connectivity index is 2.58. The molecule has 0 aliphatic carbocycles. The molecular formula is C19H12Cl4O5S. The van der Waals surface area contributed by atoms with E-state index in [0.29, 0.717) is 0 Å². The maximum Gasteiger partial charge on any atom is 0.283 e. The number of hydrogen-bond acceptors (Lipinski definition) is 4. The van der Waals surface area contributed by atoms with Crippen LogP contribution in [0.25, 0.3) is 0 Å². The van der Waals surface area contributed by atoms with Crippen molar-refractivity contribution in [3.8, 4) is 11.5 Å². The highest BCUT2D eigenvalue weighted by Gasteiger charge is 2.50. The summed E-state index contributed by atoms with van der Waals surface area (Å²) in [7, 11) is -5.02. The summed E-state index contributed by atoms with van der Waals surface area (Å²) in [5, 5.41) is 19.7. The Morgan fingerprint density at radius 2 is 1.28 bits per heavy atom. The zero-order valence-corrected chi connectivity index (χ0v) is 18.1. The Morgan fingerprint density at radius 3 is 1.79 bits per heavy atom. The number of hydrogen-bond donors (Lipinski definition) is 3. The number of phenolic OH excluding ortho intramolecular Hbond substituents is 2. The first-order valence-corrected chi connectivity index (χ1v) is 10.8. The number of rotatable bonds is 4. The number of aromatic hydroxyl groups is 2. The van der Waals surface area contributed by atoms with Gasteiger partial charge in [-0.05, 0) is 53.6 Å². The van der Waals surface area contributed by atoms with E-state index in [1.54, 1.807) is 0 Å². The van der Waals surface area contributed by atoms with Gasteiger partial charge < -0.3 is 10.2 Å². The van der Waals surface area contributed by atoms with Gasteiger partial charge in [0.2, 0.25) is 0 Å². The van der Waals surface area contributed by atoms with Crippen LogP contribution < -0.4 is 0 Å². The molecule has 0 fully saturated rings. The minimum absolute atomic E-state index is 0.0137. The van der Waals surface area contributed by atoms with E-state index in [4.69, 9.17) is 46.4 Å². The fourth-order valence-electron chi connectivity index (χ4n) is 3.18. The standard InChI is InChI=1S/C19H12Cl4O5S/c20-12-5-11(6-13(21)7-12)19(29(26,27)28,10-1-3-14(24)4-2-10)15-8-18(25)17(23)9-16(15)22/h1-9,24-25H,(H,26,27,28). The highest BCUT2D eigenvalue weighted by Crippen LogP contribution is 2.49. The van der Waals surface area contributed by atoms with E-state index in [2.05, 4.69) is 0 Å². The average Bonchev–Trinajstić information content (AvgIpc) is 2.59. The van der Waals surface area contributed by atoms with Crippen LogP contribution in [-0.4, -0.2) is 23.2 Å². The van der Waals surface area contributed by atoms with Crippen molar-refractivity contribution in [2.75, 3.05) is 0 Å². The van der Waals surface area contributed by atoms with Crippen LogP contribution in [-0.2, 0) is 14.9 Å². The van der Waals surface area contributed by atoms with Gasteiger partial charge in [0.25, 0.3) is 10.1 Å². The lowest BCUT2D eigenvalue weighted by Gasteiger charge is -2.33. The lowest BCUT2D eigenvalue weighted by Crippen LogP contribution is -2.38. The van der Waals surface area contributed by atoms with Gasteiger partial charge in [-0.1, -0.05) is 58.5 Å². The van der Waals surface area contributed by atoms with Crippen LogP contribution in [0.3, 0.4) is 0 Å². The minimum Gasteiger partial charge on any atom is -0.508 e. The van der Waals surface area contributed by atoms with Gasteiger partial charge in [0.1, 0.15) is 11.5 Å². The molecule has 0 aliphatic heterocycles. The molecule has 0 aromatic heterocycles. The molecule has 10 heteroatoms. The summed E-state index contributed by atoms with van der Waals surface area (Å²) in [5.74, 6) is -0.585. The van der Waals surface area contributed by atoms with Gasteiger partial charge in [0.05, 0.1) is 5.02 Å². The highest BCUT2D eigenvalue weighted by atomic mass is 35.5. The van der Waals surface area contributed by atoms with E-state index in [1.807, 2.05) is 0 Å². The van der Waals surface area contributed by atoms with Gasteiger partial charge in [0, 0.05) is 20.6 Å². The van der Waals surface area contributed by atoms with Gasteiger partial charge in [-0.15, -0.1) is 0 Å². The Hall–Kier alpha value is -1.67. The summed E-state index contributed by atoms with van der Waals surface area (Å²) >= 11 is 24.4. The molecule has 0 bridgehead atoms. The van der Waals surface area contributed by atoms with Crippen molar-refractivity contribution in [2.45, 2.75) is 4.75 Å². The maximum atomic E-state index is 12.9. The molecule has 5 nitrogen and oxygen atoms in total. The molecule has 29 heavy (non-hydrogen) atoms. The molecule has 0 saturated heterocycles. The second-order valence-corrected chi connectivity index (χ2v) is 9.39. The van der Waals surface area contributed by atoms with E-state index < -0.39 is 20.6 Å². The quantitative estimate of drug-likeness (QED) is 0.311. The topological polar surface area (TPSA) is 94.8 Å². The number of halogens is 4. The van der Waals surface area contributed by atoms with Crippen molar-refractivity contribution >= 4 is 56.5 Å². The second-order valence-electron chi connectivity index (χ2n) is 6.14. The Morgan fingerprint density at radius 1 is 0.724 bits per heavy atom. The Bertz CT molecular complexity index is 1180. The van der Waals surface area contributed by atoms with Crippen LogP contribution in [0.4, 0.5) is 0 Å². The molecule has 152 valence electrons. The van der Waals surface area contributed by atoms with Crippen LogP contribution in [0, 0.1) is 0 Å². The largest absolute Gasteiger partial charge is 0.508 e. The van der Waals surface area contributed by atoms with Gasteiger partial charge in [-0.3, -0.25) is 4.55 Å². The van der Waals surface area contributed by atoms with Gasteiger partial charge in [0.15, 0.2) is 4.75 Å². The zero-order valence-electron chi connectivity index (χ0n) is 14.3. The van der Waals surface area contributed by atoms with E-state index >= 15 is 0 Å². The lowest BCUT2D eigenvalue weighted by atomic mass is 9.83. The molecule has 0 aliphatic rings. The van der Waals surface area contributed by atoms with Gasteiger partial charge in [-0.25, -0.2) is 0 Å². The van der Waals surface area contributed by atoms with Gasteiger partial charge >= 0.3 is 0 Å². The second kappa shape index (κ2) is 7.87. The molecule has 0 amide bonds. The summed E-state index contributed by atoms with van der Waals surface area (Å²) in [6.07, 6.45) is 0. The monoisotopic (exact) mass is 492 g/mol.